The van der Waals surface area contributed by atoms with E-state index in [1.807, 2.05) is 31.2 Å². The maximum atomic E-state index is 12.6. The van der Waals surface area contributed by atoms with Crippen molar-refractivity contribution in [2.75, 3.05) is 25.5 Å². The number of nitrogens with zero attached hydrogens (tertiary/aromatic N) is 2. The molecule has 1 aromatic heterocycles. The Balaban J connectivity index is 1.83. The van der Waals surface area contributed by atoms with E-state index >= 15 is 0 Å². The number of halogens is 1. The Bertz CT molecular complexity index is 1080. The Morgan fingerprint density at radius 2 is 1.83 bits per heavy atom. The van der Waals surface area contributed by atoms with Crippen molar-refractivity contribution in [3.05, 3.63) is 70.4 Å². The van der Waals surface area contributed by atoms with Crippen LogP contribution in [0, 0.1) is 6.92 Å². The van der Waals surface area contributed by atoms with Crippen LogP contribution < -0.4 is 5.32 Å². The summed E-state index contributed by atoms with van der Waals surface area (Å²) in [7, 11) is 1.80. The molecular formula is C23H24ClN3O3. The number of hydrogen-bond donors (Lipinski definition) is 1. The van der Waals surface area contributed by atoms with Gasteiger partial charge in [0.15, 0.2) is 0 Å². The molecule has 0 radical (unpaired) electrons. The second-order valence-electron chi connectivity index (χ2n) is 7.00. The zero-order valence-electron chi connectivity index (χ0n) is 17.2. The van der Waals surface area contributed by atoms with E-state index in [-0.39, 0.29) is 19.1 Å². The number of ether oxygens (including phenoxy) is 1. The third-order valence-electron chi connectivity index (χ3n) is 4.69. The van der Waals surface area contributed by atoms with E-state index in [0.29, 0.717) is 28.5 Å². The molecule has 1 N–H and O–H groups in total. The van der Waals surface area contributed by atoms with Crippen molar-refractivity contribution >= 4 is 40.1 Å². The van der Waals surface area contributed by atoms with E-state index in [1.165, 1.54) is 0 Å². The number of likely N-dealkylation sites (N-methyl/N-ethyl adjacent to an activating group) is 1. The smallest absolute Gasteiger partial charge is 0.340 e. The topological polar surface area (TPSA) is 71.5 Å². The molecule has 0 saturated heterocycles. The van der Waals surface area contributed by atoms with Crippen LogP contribution in [0.4, 0.5) is 5.69 Å². The number of anilines is 1. The number of esters is 1. The van der Waals surface area contributed by atoms with Crippen LogP contribution in [-0.2, 0) is 16.1 Å². The van der Waals surface area contributed by atoms with Crippen molar-refractivity contribution in [2.45, 2.75) is 20.4 Å². The third-order valence-corrected chi connectivity index (χ3v) is 5.02. The minimum atomic E-state index is -0.405. The highest BCUT2D eigenvalue weighted by Crippen LogP contribution is 2.25. The highest BCUT2D eigenvalue weighted by molar-refractivity contribution is 6.33. The molecule has 6 nitrogen and oxygen atoms in total. The van der Waals surface area contributed by atoms with Crippen molar-refractivity contribution < 1.29 is 14.3 Å². The van der Waals surface area contributed by atoms with Crippen LogP contribution in [0.25, 0.3) is 10.9 Å². The van der Waals surface area contributed by atoms with E-state index in [1.54, 1.807) is 43.1 Å². The molecule has 0 aliphatic carbocycles. The molecule has 30 heavy (non-hydrogen) atoms. The predicted octanol–water partition coefficient (Wildman–Crippen LogP) is 4.44. The Morgan fingerprint density at radius 3 is 2.57 bits per heavy atom. The standard InChI is InChI=1S/C23H24ClN3O3/c1-4-30-23(29)22-15(2)16-9-5-7-11-18(16)25-20(22)13-27(3)14-21(28)26-19-12-8-6-10-17(19)24/h5-12H,4,13-14H2,1-3H3,(H,26,28). The van der Waals surface area contributed by atoms with Gasteiger partial charge in [-0.25, -0.2) is 4.79 Å². The molecule has 3 aromatic rings. The summed E-state index contributed by atoms with van der Waals surface area (Å²) in [4.78, 5) is 31.6. The van der Waals surface area contributed by atoms with Gasteiger partial charge in [0, 0.05) is 11.9 Å². The van der Waals surface area contributed by atoms with Gasteiger partial charge >= 0.3 is 5.97 Å². The highest BCUT2D eigenvalue weighted by atomic mass is 35.5. The first-order chi connectivity index (χ1) is 14.4. The number of carbonyl (C=O) groups is 2. The monoisotopic (exact) mass is 425 g/mol. The predicted molar refractivity (Wildman–Crippen MR) is 119 cm³/mol. The number of hydrogen-bond acceptors (Lipinski definition) is 5. The minimum Gasteiger partial charge on any atom is -0.462 e. The van der Waals surface area contributed by atoms with Gasteiger partial charge in [0.25, 0.3) is 0 Å². The summed E-state index contributed by atoms with van der Waals surface area (Å²) in [5.74, 6) is -0.613. The van der Waals surface area contributed by atoms with Crippen LogP contribution in [-0.4, -0.2) is 42.0 Å². The van der Waals surface area contributed by atoms with Crippen LogP contribution >= 0.6 is 11.6 Å². The van der Waals surface area contributed by atoms with Crippen molar-refractivity contribution in [3.63, 3.8) is 0 Å². The van der Waals surface area contributed by atoms with Crippen molar-refractivity contribution in [1.82, 2.24) is 9.88 Å². The van der Waals surface area contributed by atoms with E-state index in [9.17, 15) is 9.59 Å². The molecule has 0 fully saturated rings. The Labute approximate surface area is 180 Å². The van der Waals surface area contributed by atoms with Crippen LogP contribution in [0.1, 0.15) is 28.5 Å². The molecule has 1 heterocycles. The van der Waals surface area contributed by atoms with E-state index in [0.717, 1.165) is 16.5 Å². The van der Waals surface area contributed by atoms with E-state index in [4.69, 9.17) is 16.3 Å². The molecule has 0 bridgehead atoms. The summed E-state index contributed by atoms with van der Waals surface area (Å²) in [5, 5.41) is 4.18. The van der Waals surface area contributed by atoms with Crippen molar-refractivity contribution in [2.24, 2.45) is 0 Å². The van der Waals surface area contributed by atoms with E-state index in [2.05, 4.69) is 10.3 Å². The van der Waals surface area contributed by atoms with E-state index < -0.39 is 5.97 Å². The lowest BCUT2D eigenvalue weighted by Crippen LogP contribution is -2.31. The second kappa shape index (κ2) is 9.69. The first kappa shape index (κ1) is 21.7. The first-order valence-electron chi connectivity index (χ1n) is 9.69. The van der Waals surface area contributed by atoms with Crippen LogP contribution in [0.15, 0.2) is 48.5 Å². The number of benzene rings is 2. The fraction of sp³-hybridized carbons (Fsp3) is 0.261. The maximum absolute atomic E-state index is 12.6. The lowest BCUT2D eigenvalue weighted by molar-refractivity contribution is -0.117. The molecule has 0 spiro atoms. The van der Waals surface area contributed by atoms with Crippen LogP contribution in [0.2, 0.25) is 5.02 Å². The number of aryl methyl sites for hydroxylation is 1. The molecular weight excluding hydrogens is 402 g/mol. The first-order valence-corrected chi connectivity index (χ1v) is 10.1. The van der Waals surface area contributed by atoms with Gasteiger partial charge in [-0.3, -0.25) is 14.7 Å². The number of carbonyl (C=O) groups excluding carboxylic acids is 2. The Hall–Kier alpha value is -2.96. The van der Waals surface area contributed by atoms with Gasteiger partial charge in [-0.2, -0.15) is 0 Å². The summed E-state index contributed by atoms with van der Waals surface area (Å²) < 4.78 is 5.26. The Kier molecular flexibility index (Phi) is 7.03. The molecule has 0 aliphatic rings. The quantitative estimate of drug-likeness (QED) is 0.566. The molecule has 2 aromatic carbocycles. The zero-order valence-corrected chi connectivity index (χ0v) is 18.0. The summed E-state index contributed by atoms with van der Waals surface area (Å²) in [6.45, 7) is 4.37. The highest BCUT2D eigenvalue weighted by Gasteiger charge is 2.21. The average Bonchev–Trinajstić information content (AvgIpc) is 2.70. The van der Waals surface area contributed by atoms with Gasteiger partial charge in [0.05, 0.1) is 40.6 Å². The molecule has 0 saturated carbocycles. The van der Waals surface area contributed by atoms with Crippen LogP contribution in [0.3, 0.4) is 0 Å². The fourth-order valence-electron chi connectivity index (χ4n) is 3.34. The average molecular weight is 426 g/mol. The molecule has 0 unspecified atom stereocenters. The number of pyridine rings is 1. The molecule has 0 atom stereocenters. The Morgan fingerprint density at radius 1 is 1.13 bits per heavy atom. The number of rotatable bonds is 7. The summed E-state index contributed by atoms with van der Waals surface area (Å²) in [6, 6.07) is 14.7. The zero-order chi connectivity index (χ0) is 21.7. The van der Waals surface area contributed by atoms with Crippen LogP contribution in [0.5, 0.6) is 0 Å². The van der Waals surface area contributed by atoms with Gasteiger partial charge in [-0.05, 0) is 44.7 Å². The van der Waals surface area contributed by atoms with Gasteiger partial charge in [0.1, 0.15) is 0 Å². The summed E-state index contributed by atoms with van der Waals surface area (Å²) in [6.07, 6.45) is 0. The minimum absolute atomic E-state index is 0.112. The number of aromatic nitrogens is 1. The SMILES string of the molecule is CCOC(=O)c1c(CN(C)CC(=O)Nc2ccccc2Cl)nc2ccccc2c1C. The summed E-state index contributed by atoms with van der Waals surface area (Å²) >= 11 is 6.10. The molecule has 3 rings (SSSR count). The second-order valence-corrected chi connectivity index (χ2v) is 7.40. The third kappa shape index (κ3) is 4.96. The van der Waals surface area contributed by atoms with Crippen molar-refractivity contribution in [3.8, 4) is 0 Å². The molecule has 0 aliphatic heterocycles. The normalized spacial score (nSPS) is 11.0. The number of fused-ring (bicyclic) bond motifs is 1. The lowest BCUT2D eigenvalue weighted by Gasteiger charge is -2.19. The summed E-state index contributed by atoms with van der Waals surface area (Å²) in [5.41, 5.74) is 3.21. The molecule has 156 valence electrons. The van der Waals surface area contributed by atoms with Crippen molar-refractivity contribution in [1.29, 1.82) is 0 Å². The number of amides is 1. The maximum Gasteiger partial charge on any atom is 0.340 e. The number of nitrogens with one attached hydrogen (secondary N) is 1. The largest absolute Gasteiger partial charge is 0.462 e. The van der Waals surface area contributed by atoms with Gasteiger partial charge in [-0.1, -0.05) is 41.9 Å². The fourth-order valence-corrected chi connectivity index (χ4v) is 3.52. The molecule has 7 heteroatoms. The van der Waals surface area contributed by atoms with Gasteiger partial charge in [-0.15, -0.1) is 0 Å². The molecule has 1 amide bonds. The number of para-hydroxylation sites is 2. The van der Waals surface area contributed by atoms with Gasteiger partial charge < -0.3 is 10.1 Å². The lowest BCUT2D eigenvalue weighted by atomic mass is 10.0. The van der Waals surface area contributed by atoms with Gasteiger partial charge in [0.2, 0.25) is 5.91 Å².